The zero-order valence-electron chi connectivity index (χ0n) is 15.5. The van der Waals surface area contributed by atoms with Crippen LogP contribution in [0.15, 0.2) is 61.2 Å². The normalized spacial score (nSPS) is 10.9. The van der Waals surface area contributed by atoms with E-state index in [4.69, 9.17) is 9.47 Å². The minimum absolute atomic E-state index is 0.184. The Morgan fingerprint density at radius 3 is 1.69 bits per heavy atom. The molecule has 4 heteroatoms. The molecule has 0 unspecified atom stereocenters. The summed E-state index contributed by atoms with van der Waals surface area (Å²) in [5, 5.41) is 0. The van der Waals surface area contributed by atoms with E-state index in [9.17, 15) is 9.59 Å². The molecule has 2 rings (SSSR count). The smallest absolute Gasteiger partial charge is 0.330 e. The van der Waals surface area contributed by atoms with Gasteiger partial charge < -0.3 is 9.47 Å². The second-order valence-electron chi connectivity index (χ2n) is 6.61. The van der Waals surface area contributed by atoms with Gasteiger partial charge in [-0.2, -0.15) is 0 Å². The van der Waals surface area contributed by atoms with Crippen LogP contribution in [0.4, 0.5) is 0 Å². The highest BCUT2D eigenvalue weighted by molar-refractivity contribution is 5.81. The van der Waals surface area contributed by atoms with E-state index in [1.54, 1.807) is 0 Å². The molecule has 0 heterocycles. The molecule has 0 aliphatic carbocycles. The van der Waals surface area contributed by atoms with Crippen molar-refractivity contribution in [3.63, 3.8) is 0 Å². The monoisotopic (exact) mass is 352 g/mol. The number of rotatable bonds is 7. The third-order valence-electron chi connectivity index (χ3n) is 4.34. The van der Waals surface area contributed by atoms with Crippen LogP contribution in [-0.4, -0.2) is 11.9 Å². The molecule has 0 bridgehead atoms. The van der Waals surface area contributed by atoms with E-state index in [2.05, 4.69) is 32.6 Å². The Balaban J connectivity index is 2.09. The summed E-state index contributed by atoms with van der Waals surface area (Å²) in [6, 6.07) is 16.1. The molecule has 0 aliphatic heterocycles. The molecule has 0 saturated carbocycles. The van der Waals surface area contributed by atoms with Crippen LogP contribution in [0, 0.1) is 0 Å². The fourth-order valence-corrected chi connectivity index (χ4v) is 2.60. The van der Waals surface area contributed by atoms with Gasteiger partial charge in [0.2, 0.25) is 0 Å². The van der Waals surface area contributed by atoms with E-state index in [0.29, 0.717) is 0 Å². The largest absolute Gasteiger partial charge is 0.461 e. The molecule has 0 aliphatic rings. The standard InChI is InChI=1S/C22H24O4/c1-5-21(24)26-15-18-8-12-20(13-9-18)22(3,4)19-10-6-17(7-11-19)14-25-16(2)23/h5-13H,1,14-15H2,2-4H3. The second-order valence-corrected chi connectivity index (χ2v) is 6.61. The predicted molar refractivity (Wildman–Crippen MR) is 100 cm³/mol. The van der Waals surface area contributed by atoms with Crippen molar-refractivity contribution < 1.29 is 19.1 Å². The van der Waals surface area contributed by atoms with Crippen molar-refractivity contribution in [2.75, 3.05) is 0 Å². The maximum absolute atomic E-state index is 11.1. The van der Waals surface area contributed by atoms with Gasteiger partial charge in [0.1, 0.15) is 13.2 Å². The van der Waals surface area contributed by atoms with Crippen LogP contribution >= 0.6 is 0 Å². The van der Waals surface area contributed by atoms with Gasteiger partial charge in [0, 0.05) is 18.4 Å². The first kappa shape index (κ1) is 19.4. The molecule has 0 saturated heterocycles. The van der Waals surface area contributed by atoms with Gasteiger partial charge in [-0.05, 0) is 22.3 Å². The van der Waals surface area contributed by atoms with E-state index in [1.807, 2.05) is 36.4 Å². The number of carbonyl (C=O) groups is 2. The van der Waals surface area contributed by atoms with Crippen molar-refractivity contribution in [3.8, 4) is 0 Å². The Kier molecular flexibility index (Phi) is 6.34. The molecule has 0 atom stereocenters. The number of esters is 2. The molecule has 0 radical (unpaired) electrons. The molecule has 0 fully saturated rings. The quantitative estimate of drug-likeness (QED) is 0.550. The summed E-state index contributed by atoms with van der Waals surface area (Å²) in [6.07, 6.45) is 1.16. The molecule has 2 aromatic rings. The summed E-state index contributed by atoms with van der Waals surface area (Å²) in [5.41, 5.74) is 4.02. The zero-order chi connectivity index (χ0) is 19.2. The molecule has 0 N–H and O–H groups in total. The van der Waals surface area contributed by atoms with Crippen LogP contribution in [0.5, 0.6) is 0 Å². The zero-order valence-corrected chi connectivity index (χ0v) is 15.5. The van der Waals surface area contributed by atoms with Crippen molar-refractivity contribution in [3.05, 3.63) is 83.4 Å². The maximum atomic E-state index is 11.1. The van der Waals surface area contributed by atoms with Gasteiger partial charge in [0.05, 0.1) is 0 Å². The van der Waals surface area contributed by atoms with Gasteiger partial charge in [-0.3, -0.25) is 4.79 Å². The molecule has 0 amide bonds. The highest BCUT2D eigenvalue weighted by Crippen LogP contribution is 2.31. The van der Waals surface area contributed by atoms with Gasteiger partial charge in [-0.25, -0.2) is 4.79 Å². The van der Waals surface area contributed by atoms with Gasteiger partial charge >= 0.3 is 11.9 Å². The molecule has 4 nitrogen and oxygen atoms in total. The molecular weight excluding hydrogens is 328 g/mol. The lowest BCUT2D eigenvalue weighted by atomic mass is 9.78. The van der Waals surface area contributed by atoms with Crippen LogP contribution in [0.1, 0.15) is 43.0 Å². The molecule has 2 aromatic carbocycles. The van der Waals surface area contributed by atoms with Gasteiger partial charge in [0.25, 0.3) is 0 Å². The highest BCUT2D eigenvalue weighted by atomic mass is 16.5. The van der Waals surface area contributed by atoms with Crippen LogP contribution in [0.25, 0.3) is 0 Å². The Hall–Kier alpha value is -2.88. The highest BCUT2D eigenvalue weighted by Gasteiger charge is 2.23. The molecular formula is C22H24O4. The third-order valence-corrected chi connectivity index (χ3v) is 4.34. The number of ether oxygens (including phenoxy) is 2. The van der Waals surface area contributed by atoms with Gasteiger partial charge in [-0.15, -0.1) is 0 Å². The van der Waals surface area contributed by atoms with Crippen LogP contribution in [0.3, 0.4) is 0 Å². The fraction of sp³-hybridized carbons (Fsp3) is 0.273. The first-order valence-corrected chi connectivity index (χ1v) is 8.44. The first-order valence-electron chi connectivity index (χ1n) is 8.44. The topological polar surface area (TPSA) is 52.6 Å². The summed E-state index contributed by atoms with van der Waals surface area (Å²) < 4.78 is 10.1. The summed E-state index contributed by atoms with van der Waals surface area (Å²) in [6.45, 7) is 9.61. The van der Waals surface area contributed by atoms with Crippen molar-refractivity contribution >= 4 is 11.9 Å². The molecule has 0 spiro atoms. The van der Waals surface area contributed by atoms with Crippen molar-refractivity contribution in [2.24, 2.45) is 0 Å². The number of hydrogen-bond acceptors (Lipinski definition) is 4. The Bertz CT molecular complexity index is 771. The SMILES string of the molecule is C=CC(=O)OCc1ccc(C(C)(C)c2ccc(COC(C)=O)cc2)cc1. The average Bonchev–Trinajstić information content (AvgIpc) is 2.65. The Morgan fingerprint density at radius 1 is 0.885 bits per heavy atom. The molecule has 0 aromatic heterocycles. The Labute approximate surface area is 154 Å². The maximum Gasteiger partial charge on any atom is 0.330 e. The number of hydrogen-bond donors (Lipinski definition) is 0. The minimum atomic E-state index is -0.428. The molecule has 26 heavy (non-hydrogen) atoms. The predicted octanol–water partition coefficient (Wildman–Crippen LogP) is 4.30. The minimum Gasteiger partial charge on any atom is -0.461 e. The summed E-state index contributed by atoms with van der Waals surface area (Å²) >= 11 is 0. The third kappa shape index (κ3) is 5.06. The number of carbonyl (C=O) groups excluding carboxylic acids is 2. The van der Waals surface area contributed by atoms with Gasteiger partial charge in [-0.1, -0.05) is 69.0 Å². The summed E-state index contributed by atoms with van der Waals surface area (Å²) in [5.74, 6) is -0.712. The van der Waals surface area contributed by atoms with Crippen LogP contribution in [-0.2, 0) is 37.7 Å². The van der Waals surface area contributed by atoms with Crippen LogP contribution in [0.2, 0.25) is 0 Å². The van der Waals surface area contributed by atoms with Crippen molar-refractivity contribution in [2.45, 2.75) is 39.4 Å². The summed E-state index contributed by atoms with van der Waals surface area (Å²) in [4.78, 5) is 22.0. The lowest BCUT2D eigenvalue weighted by Gasteiger charge is -2.26. The van der Waals surface area contributed by atoms with E-state index < -0.39 is 5.97 Å². The van der Waals surface area contributed by atoms with Crippen molar-refractivity contribution in [1.82, 2.24) is 0 Å². The first-order chi connectivity index (χ1) is 12.3. The van der Waals surface area contributed by atoms with Gasteiger partial charge in [0.15, 0.2) is 0 Å². The lowest BCUT2D eigenvalue weighted by Crippen LogP contribution is -2.19. The number of benzene rings is 2. The van der Waals surface area contributed by atoms with E-state index in [1.165, 1.54) is 6.92 Å². The van der Waals surface area contributed by atoms with E-state index in [-0.39, 0.29) is 24.6 Å². The Morgan fingerprint density at radius 2 is 1.31 bits per heavy atom. The van der Waals surface area contributed by atoms with Crippen LogP contribution < -0.4 is 0 Å². The van der Waals surface area contributed by atoms with E-state index in [0.717, 1.165) is 28.3 Å². The molecule has 136 valence electrons. The second kappa shape index (κ2) is 8.48. The summed E-state index contributed by atoms with van der Waals surface area (Å²) in [7, 11) is 0. The lowest BCUT2D eigenvalue weighted by molar-refractivity contribution is -0.142. The van der Waals surface area contributed by atoms with E-state index >= 15 is 0 Å². The average molecular weight is 352 g/mol. The fourth-order valence-electron chi connectivity index (χ4n) is 2.60. The van der Waals surface area contributed by atoms with Crippen molar-refractivity contribution in [1.29, 1.82) is 0 Å².